The van der Waals surface area contributed by atoms with Crippen LogP contribution in [0.25, 0.3) is 0 Å². The Labute approximate surface area is 181 Å². The molecule has 0 aliphatic carbocycles. The van der Waals surface area contributed by atoms with E-state index in [1.54, 1.807) is 12.1 Å². The Bertz CT molecular complexity index is 993. The van der Waals surface area contributed by atoms with E-state index in [0.29, 0.717) is 12.2 Å². The maximum absolute atomic E-state index is 10.6. The smallest absolute Gasteiger partial charge is 0.269 e. The highest BCUT2D eigenvalue weighted by atomic mass is 28.4. The van der Waals surface area contributed by atoms with Crippen LogP contribution in [0.3, 0.4) is 0 Å². The molecule has 0 bridgehead atoms. The first kappa shape index (κ1) is 23.9. The normalized spacial score (nSPS) is 10.7. The van der Waals surface area contributed by atoms with Crippen LogP contribution in [0.1, 0.15) is 11.1 Å². The lowest BCUT2D eigenvalue weighted by Crippen LogP contribution is -2.44. The maximum Gasteiger partial charge on any atom is 0.269 e. The summed E-state index contributed by atoms with van der Waals surface area (Å²) in [7, 11) is -1.93. The van der Waals surface area contributed by atoms with Gasteiger partial charge < -0.3 is 9.53 Å². The summed E-state index contributed by atoms with van der Waals surface area (Å²) >= 11 is 0. The van der Waals surface area contributed by atoms with E-state index in [4.69, 9.17) is 9.53 Å². The van der Waals surface area contributed by atoms with E-state index in [9.17, 15) is 20.2 Å². The van der Waals surface area contributed by atoms with E-state index in [0.717, 1.165) is 5.56 Å². The van der Waals surface area contributed by atoms with Crippen LogP contribution in [0, 0.1) is 20.2 Å². The van der Waals surface area contributed by atoms with Gasteiger partial charge in [-0.25, -0.2) is 0 Å². The van der Waals surface area contributed by atoms with E-state index in [-0.39, 0.29) is 18.0 Å². The average molecular weight is 441 g/mol. The zero-order valence-electron chi connectivity index (χ0n) is 17.3. The summed E-state index contributed by atoms with van der Waals surface area (Å²) in [6.07, 6.45) is 0. The van der Waals surface area contributed by atoms with Crippen LogP contribution >= 0.6 is 0 Å². The number of nitro groups is 2. The fraction of sp³-hybridized carbons (Fsp3) is 0.182. The van der Waals surface area contributed by atoms with Gasteiger partial charge in [-0.05, 0) is 53.7 Å². The van der Waals surface area contributed by atoms with Crippen molar-refractivity contribution in [2.24, 2.45) is 0 Å². The second-order valence-electron chi connectivity index (χ2n) is 7.17. The quantitative estimate of drug-likeness (QED) is 0.332. The van der Waals surface area contributed by atoms with Gasteiger partial charge in [-0.1, -0.05) is 30.3 Å². The molecule has 3 aromatic rings. The molecule has 0 atom stereocenters. The monoisotopic (exact) mass is 440 g/mol. The minimum atomic E-state index is -1.93. The molecule has 8 nitrogen and oxygen atoms in total. The van der Waals surface area contributed by atoms with E-state index >= 15 is 0 Å². The first-order valence-corrected chi connectivity index (χ1v) is 12.4. The second kappa shape index (κ2) is 11.1. The van der Waals surface area contributed by atoms with Crippen molar-refractivity contribution < 1.29 is 19.4 Å². The van der Waals surface area contributed by atoms with Crippen molar-refractivity contribution in [1.29, 1.82) is 0 Å². The third-order valence-electron chi connectivity index (χ3n) is 4.55. The maximum atomic E-state index is 10.6. The van der Waals surface area contributed by atoms with Crippen molar-refractivity contribution in [2.75, 3.05) is 0 Å². The highest BCUT2D eigenvalue weighted by Gasteiger charge is 2.24. The number of hydrogen-bond donors (Lipinski definition) is 1. The molecule has 1 N–H and O–H groups in total. The number of aliphatic hydroxyl groups is 1. The summed E-state index contributed by atoms with van der Waals surface area (Å²) in [4.78, 5) is 19.9. The predicted octanol–water partition coefficient (Wildman–Crippen LogP) is 4.31. The zero-order chi connectivity index (χ0) is 22.9. The molecule has 0 amide bonds. The van der Waals surface area contributed by atoms with Gasteiger partial charge in [-0.3, -0.25) is 20.2 Å². The molecule has 0 unspecified atom stereocenters. The molecule has 0 aromatic heterocycles. The van der Waals surface area contributed by atoms with Crippen LogP contribution in [0.5, 0.6) is 0 Å². The molecular formula is C22H24N2O6Si. The van der Waals surface area contributed by atoms with Gasteiger partial charge >= 0.3 is 0 Å². The largest absolute Gasteiger partial charge is 0.409 e. The van der Waals surface area contributed by atoms with Crippen molar-refractivity contribution in [3.63, 3.8) is 0 Å². The third-order valence-corrected chi connectivity index (χ3v) is 7.14. The molecule has 3 rings (SSSR count). The van der Waals surface area contributed by atoms with Crippen molar-refractivity contribution in [1.82, 2.24) is 0 Å². The van der Waals surface area contributed by atoms with Crippen molar-refractivity contribution in [3.05, 3.63) is 110 Å². The molecule has 0 aliphatic rings. The Balaban J connectivity index is 0.000000262. The Morgan fingerprint density at radius 2 is 1.23 bits per heavy atom. The summed E-state index contributed by atoms with van der Waals surface area (Å²) in [5.41, 5.74) is 1.78. The van der Waals surface area contributed by atoms with E-state index < -0.39 is 18.2 Å². The predicted molar refractivity (Wildman–Crippen MR) is 120 cm³/mol. The van der Waals surface area contributed by atoms with E-state index in [2.05, 4.69) is 25.2 Å². The number of nitrogens with zero attached hydrogens (tertiary/aromatic N) is 2. The number of non-ortho nitro benzene ring substituents is 2. The molecule has 0 saturated carbocycles. The summed E-state index contributed by atoms with van der Waals surface area (Å²) in [5.74, 6) is 0. The lowest BCUT2D eigenvalue weighted by atomic mass is 10.2. The molecule has 162 valence electrons. The van der Waals surface area contributed by atoms with Gasteiger partial charge in [0.1, 0.15) is 0 Å². The first-order chi connectivity index (χ1) is 14.7. The molecule has 31 heavy (non-hydrogen) atoms. The van der Waals surface area contributed by atoms with Gasteiger partial charge in [-0.15, -0.1) is 0 Å². The third kappa shape index (κ3) is 7.41. The van der Waals surface area contributed by atoms with Gasteiger partial charge in [0, 0.05) is 24.3 Å². The highest BCUT2D eigenvalue weighted by molar-refractivity contribution is 6.84. The Hall–Kier alpha value is -3.40. The first-order valence-electron chi connectivity index (χ1n) is 9.50. The Kier molecular flexibility index (Phi) is 8.56. The second-order valence-corrected chi connectivity index (χ2v) is 11.1. The summed E-state index contributed by atoms with van der Waals surface area (Å²) in [6, 6.07) is 22.5. The van der Waals surface area contributed by atoms with Crippen LogP contribution in [0.15, 0.2) is 78.9 Å². The fourth-order valence-corrected chi connectivity index (χ4v) is 4.31. The molecule has 0 radical (unpaired) electrons. The van der Waals surface area contributed by atoms with Gasteiger partial charge in [-0.2, -0.15) is 0 Å². The highest BCUT2D eigenvalue weighted by Crippen LogP contribution is 2.15. The Morgan fingerprint density at radius 3 is 1.65 bits per heavy atom. The van der Waals surface area contributed by atoms with Gasteiger partial charge in [0.15, 0.2) is 0 Å². The standard InChI is InChI=1S/C15H17NO3Si.C7H7NO3/c1-20(2,15-6-4-3-5-7-15)19-12-13-8-10-14(11-9-13)16(17)18;9-5-6-1-3-7(4-2-6)8(10)11/h3-11H,12H2,1-2H3;1-4,9H,5H2. The Morgan fingerprint density at radius 1 is 0.774 bits per heavy atom. The van der Waals surface area contributed by atoms with Crippen LogP contribution in [0.4, 0.5) is 11.4 Å². The minimum Gasteiger partial charge on any atom is -0.409 e. The fourth-order valence-electron chi connectivity index (χ4n) is 2.62. The lowest BCUT2D eigenvalue weighted by molar-refractivity contribution is -0.385. The van der Waals surface area contributed by atoms with Gasteiger partial charge in [0.05, 0.1) is 23.1 Å². The van der Waals surface area contributed by atoms with Crippen LogP contribution < -0.4 is 5.19 Å². The number of hydrogen-bond acceptors (Lipinski definition) is 6. The molecule has 3 aromatic carbocycles. The van der Waals surface area contributed by atoms with Crippen molar-refractivity contribution in [2.45, 2.75) is 26.3 Å². The molecule has 0 heterocycles. The summed E-state index contributed by atoms with van der Waals surface area (Å²) < 4.78 is 6.07. The van der Waals surface area contributed by atoms with Crippen molar-refractivity contribution >= 4 is 24.9 Å². The van der Waals surface area contributed by atoms with E-state index in [1.807, 2.05) is 18.2 Å². The SMILES string of the molecule is C[Si](C)(OCc1ccc([N+](=O)[O-])cc1)c1ccccc1.O=[N+]([O-])c1ccc(CO)cc1. The number of rotatable bonds is 7. The van der Waals surface area contributed by atoms with Gasteiger partial charge in [0.2, 0.25) is 8.32 Å². The molecule has 0 aliphatic heterocycles. The lowest BCUT2D eigenvalue weighted by Gasteiger charge is -2.23. The number of nitro benzene ring substituents is 2. The zero-order valence-corrected chi connectivity index (χ0v) is 18.3. The number of aliphatic hydroxyl groups excluding tert-OH is 1. The molecule has 0 spiro atoms. The molecule has 9 heteroatoms. The average Bonchev–Trinajstić information content (AvgIpc) is 2.79. The van der Waals surface area contributed by atoms with E-state index in [1.165, 1.54) is 41.6 Å². The minimum absolute atomic E-state index is 0.0437. The van der Waals surface area contributed by atoms with Gasteiger partial charge in [0.25, 0.3) is 11.4 Å². The topological polar surface area (TPSA) is 116 Å². The van der Waals surface area contributed by atoms with Crippen LogP contribution in [-0.4, -0.2) is 23.3 Å². The van der Waals surface area contributed by atoms with Crippen molar-refractivity contribution in [3.8, 4) is 0 Å². The number of benzene rings is 3. The van der Waals surface area contributed by atoms with Crippen LogP contribution in [-0.2, 0) is 17.6 Å². The molecule has 0 fully saturated rings. The molecule has 0 saturated heterocycles. The summed E-state index contributed by atoms with van der Waals surface area (Å²) in [6.45, 7) is 4.69. The van der Waals surface area contributed by atoms with Crippen LogP contribution in [0.2, 0.25) is 13.1 Å². The molecular weight excluding hydrogens is 416 g/mol. The summed E-state index contributed by atoms with van der Waals surface area (Å²) in [5, 5.41) is 30.6.